The van der Waals surface area contributed by atoms with Gasteiger partial charge >= 0.3 is 12.3 Å². The number of likely N-dealkylation sites (tertiary alicyclic amines) is 1. The molecule has 3 aromatic rings. The van der Waals surface area contributed by atoms with Gasteiger partial charge in [0, 0.05) is 36.5 Å². The normalized spacial score (nSPS) is 15.4. The van der Waals surface area contributed by atoms with Gasteiger partial charge in [-0.05, 0) is 51.5 Å². The molecule has 1 fully saturated rings. The van der Waals surface area contributed by atoms with E-state index < -0.39 is 29.3 Å². The van der Waals surface area contributed by atoms with Crippen molar-refractivity contribution in [2.75, 3.05) is 29.5 Å². The highest BCUT2D eigenvalue weighted by atomic mass is 19.4. The Morgan fingerprint density at radius 1 is 1.07 bits per heavy atom. The zero-order valence-corrected chi connectivity index (χ0v) is 22.5. The Morgan fingerprint density at radius 3 is 2.41 bits per heavy atom. The summed E-state index contributed by atoms with van der Waals surface area (Å²) in [5, 5.41) is 14.4. The number of rotatable bonds is 6. The van der Waals surface area contributed by atoms with Crippen LogP contribution < -0.4 is 16.4 Å². The van der Waals surface area contributed by atoms with E-state index in [0.29, 0.717) is 30.9 Å². The van der Waals surface area contributed by atoms with Gasteiger partial charge < -0.3 is 26.0 Å². The molecule has 0 spiro atoms. The van der Waals surface area contributed by atoms with E-state index in [2.05, 4.69) is 25.6 Å². The van der Waals surface area contributed by atoms with Crippen LogP contribution in [-0.4, -0.2) is 62.3 Å². The smallest absolute Gasteiger partial charge is 0.416 e. The second-order valence-electron chi connectivity index (χ2n) is 10.4. The molecule has 216 valence electrons. The highest BCUT2D eigenvalue weighted by Crippen LogP contribution is 2.30. The van der Waals surface area contributed by atoms with E-state index in [-0.39, 0.29) is 34.5 Å². The number of amides is 2. The second-order valence-corrected chi connectivity index (χ2v) is 10.4. The molecule has 1 atom stereocenters. The van der Waals surface area contributed by atoms with Gasteiger partial charge in [0.25, 0.3) is 5.91 Å². The Morgan fingerprint density at radius 2 is 1.76 bits per heavy atom. The Balaban J connectivity index is 1.46. The molecule has 1 aliphatic rings. The van der Waals surface area contributed by atoms with Gasteiger partial charge in [-0.2, -0.15) is 13.2 Å². The maximum Gasteiger partial charge on any atom is 0.416 e. The zero-order valence-electron chi connectivity index (χ0n) is 22.5. The standard InChI is InChI=1S/C27H29F3N8O3/c1-26(2,3)41-25(40)38-11-9-18(13-38)36-23-20(22(32)34-14-35-23)21(31)15-4-6-16(7-5-15)24(39)37-19-12-17(8-10-33-19)27(28,29)30/h4-8,10,12,14,18,31H,9,11,13H2,1-3H3,(H,33,37,39)(H3,32,34,35,36). The molecule has 1 saturated heterocycles. The van der Waals surface area contributed by atoms with E-state index in [1.54, 1.807) is 25.7 Å². The summed E-state index contributed by atoms with van der Waals surface area (Å²) in [6.07, 6.45) is -2.13. The minimum absolute atomic E-state index is 0.0147. The molecule has 0 aliphatic carbocycles. The molecule has 2 amide bonds. The van der Waals surface area contributed by atoms with Crippen LogP contribution in [0.4, 0.5) is 35.4 Å². The third-order valence-electron chi connectivity index (χ3n) is 6.07. The molecule has 3 heterocycles. The number of nitrogens with zero attached hydrogens (tertiary/aromatic N) is 4. The maximum absolute atomic E-state index is 13.0. The number of carbonyl (C=O) groups is 2. The first-order valence-electron chi connectivity index (χ1n) is 12.6. The third kappa shape index (κ3) is 7.26. The highest BCUT2D eigenvalue weighted by molar-refractivity contribution is 6.16. The summed E-state index contributed by atoms with van der Waals surface area (Å²) in [7, 11) is 0. The molecule has 1 aliphatic heterocycles. The fourth-order valence-corrected chi connectivity index (χ4v) is 4.12. The number of anilines is 3. The van der Waals surface area contributed by atoms with Crippen LogP contribution >= 0.6 is 0 Å². The summed E-state index contributed by atoms with van der Waals surface area (Å²) in [6, 6.07) is 7.25. The quantitative estimate of drug-likeness (QED) is 0.314. The van der Waals surface area contributed by atoms with Gasteiger partial charge in [-0.3, -0.25) is 10.2 Å². The van der Waals surface area contributed by atoms with Gasteiger partial charge in [0.2, 0.25) is 0 Å². The topological polar surface area (TPSA) is 159 Å². The van der Waals surface area contributed by atoms with Gasteiger partial charge in [-0.1, -0.05) is 12.1 Å². The molecule has 0 saturated carbocycles. The van der Waals surface area contributed by atoms with Crippen molar-refractivity contribution in [3.8, 4) is 0 Å². The van der Waals surface area contributed by atoms with Gasteiger partial charge in [-0.15, -0.1) is 0 Å². The largest absolute Gasteiger partial charge is 0.444 e. The lowest BCUT2D eigenvalue weighted by molar-refractivity contribution is -0.137. The third-order valence-corrected chi connectivity index (χ3v) is 6.07. The Kier molecular flexibility index (Phi) is 8.12. The average molecular weight is 571 g/mol. The number of pyridine rings is 1. The van der Waals surface area contributed by atoms with E-state index in [9.17, 15) is 22.8 Å². The van der Waals surface area contributed by atoms with Crippen LogP contribution in [0, 0.1) is 5.41 Å². The summed E-state index contributed by atoms with van der Waals surface area (Å²) in [5.41, 5.74) is 5.33. The van der Waals surface area contributed by atoms with Crippen molar-refractivity contribution in [3.63, 3.8) is 0 Å². The number of nitrogens with two attached hydrogens (primary N) is 1. The van der Waals surface area contributed by atoms with E-state index in [0.717, 1.165) is 18.3 Å². The number of halogens is 3. The minimum atomic E-state index is -4.57. The summed E-state index contributed by atoms with van der Waals surface area (Å²) < 4.78 is 44.3. The first-order valence-corrected chi connectivity index (χ1v) is 12.6. The fraction of sp³-hybridized carbons (Fsp3) is 0.333. The lowest BCUT2D eigenvalue weighted by atomic mass is 10.0. The summed E-state index contributed by atoms with van der Waals surface area (Å²) in [5.74, 6) is -0.540. The van der Waals surface area contributed by atoms with Crippen molar-refractivity contribution in [1.29, 1.82) is 5.41 Å². The van der Waals surface area contributed by atoms with Crippen molar-refractivity contribution in [3.05, 3.63) is 71.2 Å². The van der Waals surface area contributed by atoms with Gasteiger partial charge in [0.1, 0.15) is 29.4 Å². The molecule has 0 bridgehead atoms. The predicted molar refractivity (Wildman–Crippen MR) is 146 cm³/mol. The summed E-state index contributed by atoms with van der Waals surface area (Å²) in [4.78, 5) is 38.7. The number of carbonyl (C=O) groups excluding carboxylic acids is 2. The van der Waals surface area contributed by atoms with Crippen molar-refractivity contribution in [2.45, 2.75) is 45.0 Å². The van der Waals surface area contributed by atoms with Crippen LogP contribution in [0.1, 0.15) is 54.2 Å². The van der Waals surface area contributed by atoms with Crippen molar-refractivity contribution >= 4 is 35.2 Å². The van der Waals surface area contributed by atoms with Crippen molar-refractivity contribution in [1.82, 2.24) is 19.9 Å². The van der Waals surface area contributed by atoms with E-state index in [4.69, 9.17) is 15.9 Å². The van der Waals surface area contributed by atoms with E-state index in [1.165, 1.54) is 30.6 Å². The van der Waals surface area contributed by atoms with Gasteiger partial charge in [-0.25, -0.2) is 19.7 Å². The lowest BCUT2D eigenvalue weighted by Gasteiger charge is -2.24. The maximum atomic E-state index is 13.0. The average Bonchev–Trinajstić information content (AvgIpc) is 3.36. The molecule has 2 aromatic heterocycles. The van der Waals surface area contributed by atoms with E-state index in [1.807, 2.05) is 0 Å². The molecule has 1 unspecified atom stereocenters. The first-order chi connectivity index (χ1) is 19.2. The minimum Gasteiger partial charge on any atom is -0.444 e. The molecular weight excluding hydrogens is 541 g/mol. The van der Waals surface area contributed by atoms with Gasteiger partial charge in [0.05, 0.1) is 16.8 Å². The second kappa shape index (κ2) is 11.4. The van der Waals surface area contributed by atoms with E-state index >= 15 is 0 Å². The molecule has 4 rings (SSSR count). The van der Waals surface area contributed by atoms with Crippen molar-refractivity contribution < 1.29 is 27.5 Å². The molecule has 0 radical (unpaired) electrons. The number of ether oxygens (including phenoxy) is 1. The van der Waals surface area contributed by atoms with Crippen LogP contribution in [0.15, 0.2) is 48.9 Å². The van der Waals surface area contributed by atoms with Crippen LogP contribution in [0.5, 0.6) is 0 Å². The van der Waals surface area contributed by atoms with Crippen molar-refractivity contribution in [2.24, 2.45) is 0 Å². The monoisotopic (exact) mass is 570 g/mol. The number of benzene rings is 1. The first kappa shape index (κ1) is 29.2. The Hall–Kier alpha value is -4.75. The number of nitrogen functional groups attached to an aromatic ring is 1. The van der Waals surface area contributed by atoms with Crippen LogP contribution in [0.2, 0.25) is 0 Å². The zero-order chi connectivity index (χ0) is 29.9. The molecule has 41 heavy (non-hydrogen) atoms. The van der Waals surface area contributed by atoms with Crippen LogP contribution in [0.3, 0.4) is 0 Å². The number of alkyl halides is 3. The molecular formula is C27H29F3N8O3. The number of nitrogens with one attached hydrogen (secondary N) is 3. The lowest BCUT2D eigenvalue weighted by Crippen LogP contribution is -2.36. The number of hydrogen-bond acceptors (Lipinski definition) is 9. The summed E-state index contributed by atoms with van der Waals surface area (Å²) in [6.45, 7) is 6.25. The SMILES string of the molecule is CC(C)(C)OC(=O)N1CCC(Nc2ncnc(N)c2C(=N)c2ccc(C(=O)Nc3cc(C(F)(F)F)ccn3)cc2)C1. The number of hydrogen-bond donors (Lipinski definition) is 4. The van der Waals surface area contributed by atoms with Crippen LogP contribution in [0.25, 0.3) is 0 Å². The molecule has 11 nitrogen and oxygen atoms in total. The molecule has 1 aromatic carbocycles. The number of aromatic nitrogens is 3. The fourth-order valence-electron chi connectivity index (χ4n) is 4.12. The predicted octanol–water partition coefficient (Wildman–Crippen LogP) is 4.56. The Bertz CT molecular complexity index is 1460. The Labute approximate surface area is 233 Å². The molecule has 14 heteroatoms. The summed E-state index contributed by atoms with van der Waals surface area (Å²) >= 11 is 0. The molecule has 5 N–H and O–H groups in total. The highest BCUT2D eigenvalue weighted by Gasteiger charge is 2.32. The van der Waals surface area contributed by atoms with Crippen LogP contribution in [-0.2, 0) is 10.9 Å². The van der Waals surface area contributed by atoms with Gasteiger partial charge in [0.15, 0.2) is 0 Å².